The van der Waals surface area contributed by atoms with Gasteiger partial charge in [-0.05, 0) is 46.5 Å². The number of aromatic amines is 1. The fourth-order valence-electron chi connectivity index (χ4n) is 4.64. The molecule has 1 aliphatic heterocycles. The van der Waals surface area contributed by atoms with Gasteiger partial charge in [0.05, 0.1) is 29.2 Å². The standard InChI is InChI=1S/C25H30N8OS/c1-15-11-17-21(26-14-27-23(17)35-15)29-22-18-12-33(25(2,3)20(18)30-31-22)24(34)28-19(13-32(4)5)16-9-7-6-8-10-16/h6-11,14,19H,12-13H2,1-5H3,(H,28,34)(H2,26,27,29,30,31)/t19-/m1/s1. The van der Waals surface area contributed by atoms with E-state index in [0.29, 0.717) is 13.1 Å². The number of hydrogen-bond donors (Lipinski definition) is 3. The zero-order chi connectivity index (χ0) is 24.7. The maximum atomic E-state index is 13.6. The number of thiophene rings is 1. The van der Waals surface area contributed by atoms with Crippen molar-refractivity contribution in [3.05, 3.63) is 64.4 Å². The number of fused-ring (bicyclic) bond motifs is 2. The molecular weight excluding hydrogens is 460 g/mol. The van der Waals surface area contributed by atoms with Gasteiger partial charge in [-0.3, -0.25) is 5.10 Å². The van der Waals surface area contributed by atoms with Crippen molar-refractivity contribution in [3.63, 3.8) is 0 Å². The van der Waals surface area contributed by atoms with E-state index in [9.17, 15) is 4.79 Å². The summed E-state index contributed by atoms with van der Waals surface area (Å²) in [4.78, 5) is 28.4. The van der Waals surface area contributed by atoms with Gasteiger partial charge in [0.2, 0.25) is 0 Å². The summed E-state index contributed by atoms with van der Waals surface area (Å²) in [6.45, 7) is 7.25. The molecule has 1 atom stereocenters. The normalized spacial score (nSPS) is 15.4. The second kappa shape index (κ2) is 8.94. The lowest BCUT2D eigenvalue weighted by Gasteiger charge is -2.33. The lowest BCUT2D eigenvalue weighted by molar-refractivity contribution is 0.138. The number of nitrogens with zero attached hydrogens (tertiary/aromatic N) is 5. The molecule has 10 heteroatoms. The van der Waals surface area contributed by atoms with Gasteiger partial charge < -0.3 is 20.4 Å². The molecule has 0 saturated carbocycles. The predicted octanol–water partition coefficient (Wildman–Crippen LogP) is 4.53. The fraction of sp³-hybridized carbons (Fsp3) is 0.360. The number of hydrogen-bond acceptors (Lipinski definition) is 7. The van der Waals surface area contributed by atoms with Crippen molar-refractivity contribution in [2.24, 2.45) is 0 Å². The number of amides is 2. The van der Waals surface area contributed by atoms with E-state index < -0.39 is 5.54 Å². The molecule has 1 aromatic carbocycles. The number of nitrogens with one attached hydrogen (secondary N) is 3. The molecule has 5 rings (SSSR count). The smallest absolute Gasteiger partial charge is 0.319 e. The van der Waals surface area contributed by atoms with Crippen LogP contribution in [0.15, 0.2) is 42.7 Å². The van der Waals surface area contributed by atoms with Crippen LogP contribution in [0.4, 0.5) is 16.4 Å². The first kappa shape index (κ1) is 23.3. The Kier molecular flexibility index (Phi) is 5.94. The summed E-state index contributed by atoms with van der Waals surface area (Å²) in [7, 11) is 4.02. The van der Waals surface area contributed by atoms with Crippen LogP contribution in [0.5, 0.6) is 0 Å². The average molecular weight is 491 g/mol. The molecule has 0 aliphatic carbocycles. The quantitative estimate of drug-likeness (QED) is 0.367. The summed E-state index contributed by atoms with van der Waals surface area (Å²) < 4.78 is 0. The predicted molar refractivity (Wildman–Crippen MR) is 139 cm³/mol. The van der Waals surface area contributed by atoms with Gasteiger partial charge in [-0.1, -0.05) is 30.3 Å². The Bertz CT molecular complexity index is 1360. The highest BCUT2D eigenvalue weighted by Gasteiger charge is 2.44. The van der Waals surface area contributed by atoms with E-state index in [1.807, 2.05) is 63.2 Å². The number of benzene rings is 1. The molecule has 0 fully saturated rings. The SMILES string of the molecule is Cc1cc2c(Nc3[nH]nc4c3CN(C(=O)N[C@H](CN(C)C)c3ccccc3)C4(C)C)ncnc2s1. The highest BCUT2D eigenvalue weighted by Crippen LogP contribution is 2.41. The van der Waals surface area contributed by atoms with Gasteiger partial charge >= 0.3 is 6.03 Å². The largest absolute Gasteiger partial charge is 0.330 e. The molecule has 3 N–H and O–H groups in total. The van der Waals surface area contributed by atoms with Gasteiger partial charge in [0, 0.05) is 17.0 Å². The number of carbonyl (C=O) groups excluding carboxylic acids is 1. The topological polar surface area (TPSA) is 102 Å². The number of rotatable bonds is 6. The minimum atomic E-state index is -0.574. The van der Waals surface area contributed by atoms with E-state index in [4.69, 9.17) is 0 Å². The van der Waals surface area contributed by atoms with E-state index in [1.165, 1.54) is 4.88 Å². The maximum Gasteiger partial charge on any atom is 0.319 e. The number of aromatic nitrogens is 4. The summed E-state index contributed by atoms with van der Waals surface area (Å²) in [6, 6.07) is 11.9. The minimum Gasteiger partial charge on any atom is -0.330 e. The molecule has 9 nitrogen and oxygen atoms in total. The Morgan fingerprint density at radius 1 is 1.26 bits per heavy atom. The first-order chi connectivity index (χ1) is 16.7. The molecule has 4 aromatic rings. The van der Waals surface area contributed by atoms with Crippen LogP contribution >= 0.6 is 11.3 Å². The Morgan fingerprint density at radius 2 is 2.03 bits per heavy atom. The van der Waals surface area contributed by atoms with Gasteiger partial charge in [0.1, 0.15) is 22.8 Å². The minimum absolute atomic E-state index is 0.118. The van der Waals surface area contributed by atoms with E-state index in [-0.39, 0.29) is 12.1 Å². The summed E-state index contributed by atoms with van der Waals surface area (Å²) in [6.07, 6.45) is 1.56. The molecule has 0 bridgehead atoms. The number of carbonyl (C=O) groups is 1. The average Bonchev–Trinajstić information content (AvgIpc) is 3.47. The molecule has 4 heterocycles. The van der Waals surface area contributed by atoms with Crippen molar-refractivity contribution in [1.29, 1.82) is 0 Å². The monoisotopic (exact) mass is 490 g/mol. The van der Waals surface area contributed by atoms with Crippen LogP contribution < -0.4 is 10.6 Å². The van der Waals surface area contributed by atoms with Crippen molar-refractivity contribution in [2.45, 2.75) is 38.9 Å². The van der Waals surface area contributed by atoms with Crippen molar-refractivity contribution in [1.82, 2.24) is 35.3 Å². The first-order valence-corrected chi connectivity index (χ1v) is 12.4. The third-order valence-electron chi connectivity index (χ3n) is 6.43. The third kappa shape index (κ3) is 4.35. The second-order valence-corrected chi connectivity index (χ2v) is 10.9. The van der Waals surface area contributed by atoms with Gasteiger partial charge in [-0.15, -0.1) is 11.3 Å². The molecule has 35 heavy (non-hydrogen) atoms. The van der Waals surface area contributed by atoms with Crippen LogP contribution in [0, 0.1) is 6.92 Å². The number of aryl methyl sites for hydroxylation is 1. The Labute approximate surface area is 208 Å². The summed E-state index contributed by atoms with van der Waals surface area (Å²) in [5, 5.41) is 15.3. The molecular formula is C25H30N8OS. The lowest BCUT2D eigenvalue weighted by Crippen LogP contribution is -2.48. The van der Waals surface area contributed by atoms with Gasteiger partial charge in [0.15, 0.2) is 0 Å². The molecule has 182 valence electrons. The summed E-state index contributed by atoms with van der Waals surface area (Å²) in [5.74, 6) is 1.47. The van der Waals surface area contributed by atoms with Crippen molar-refractivity contribution >= 4 is 39.2 Å². The van der Waals surface area contributed by atoms with E-state index in [1.54, 1.807) is 17.7 Å². The molecule has 0 radical (unpaired) electrons. The molecule has 2 amide bonds. The fourth-order valence-corrected chi connectivity index (χ4v) is 5.49. The number of likely N-dealkylation sites (N-methyl/N-ethyl adjacent to an activating group) is 1. The number of urea groups is 1. The molecule has 3 aromatic heterocycles. The van der Waals surface area contributed by atoms with Crippen molar-refractivity contribution in [2.75, 3.05) is 26.0 Å². The maximum absolute atomic E-state index is 13.6. The van der Waals surface area contributed by atoms with E-state index >= 15 is 0 Å². The zero-order valence-electron chi connectivity index (χ0n) is 20.6. The molecule has 0 spiro atoms. The van der Waals surface area contributed by atoms with Gasteiger partial charge in [0.25, 0.3) is 0 Å². The van der Waals surface area contributed by atoms with Crippen LogP contribution in [-0.2, 0) is 12.1 Å². The van der Waals surface area contributed by atoms with Crippen molar-refractivity contribution in [3.8, 4) is 0 Å². The third-order valence-corrected chi connectivity index (χ3v) is 7.38. The zero-order valence-corrected chi connectivity index (χ0v) is 21.4. The van der Waals surface area contributed by atoms with Crippen LogP contribution in [0.25, 0.3) is 10.2 Å². The lowest BCUT2D eigenvalue weighted by atomic mass is 10.0. The number of anilines is 2. The molecule has 0 unspecified atom stereocenters. The Morgan fingerprint density at radius 3 is 2.77 bits per heavy atom. The van der Waals surface area contributed by atoms with Crippen LogP contribution in [0.3, 0.4) is 0 Å². The first-order valence-electron chi connectivity index (χ1n) is 11.6. The molecule has 1 aliphatic rings. The van der Waals surface area contributed by atoms with Crippen molar-refractivity contribution < 1.29 is 4.79 Å². The van der Waals surface area contributed by atoms with E-state index in [0.717, 1.165) is 38.7 Å². The highest BCUT2D eigenvalue weighted by atomic mass is 32.1. The second-order valence-electron chi connectivity index (χ2n) is 9.67. The van der Waals surface area contributed by atoms with Gasteiger partial charge in [-0.25, -0.2) is 14.8 Å². The summed E-state index contributed by atoms with van der Waals surface area (Å²) in [5.41, 5.74) is 2.32. The Balaban J connectivity index is 1.39. The van der Waals surface area contributed by atoms with E-state index in [2.05, 4.69) is 48.7 Å². The Hall–Kier alpha value is -3.50. The number of H-pyrrole nitrogens is 1. The van der Waals surface area contributed by atoms with Crippen LogP contribution in [0.2, 0.25) is 0 Å². The van der Waals surface area contributed by atoms with Crippen LogP contribution in [-0.4, -0.2) is 56.6 Å². The highest BCUT2D eigenvalue weighted by molar-refractivity contribution is 7.18. The summed E-state index contributed by atoms with van der Waals surface area (Å²) >= 11 is 1.63. The van der Waals surface area contributed by atoms with Gasteiger partial charge in [-0.2, -0.15) is 5.10 Å². The molecule has 0 saturated heterocycles. The van der Waals surface area contributed by atoms with Crippen LogP contribution in [0.1, 0.15) is 41.6 Å².